The third-order valence-electron chi connectivity index (χ3n) is 15.1. The highest BCUT2D eigenvalue weighted by molar-refractivity contribution is 6.39. The number of amides is 2. The molecular weight excluding hydrogens is 917 g/mol. The zero-order valence-corrected chi connectivity index (χ0v) is 43.8. The van der Waals surface area contributed by atoms with Crippen molar-refractivity contribution in [3.63, 3.8) is 0 Å². The lowest BCUT2D eigenvalue weighted by Gasteiger charge is -2.43. The number of esters is 1. The molecule has 0 aromatic rings. The third kappa shape index (κ3) is 15.9. The van der Waals surface area contributed by atoms with Crippen molar-refractivity contribution in [1.82, 2.24) is 9.96 Å². The van der Waals surface area contributed by atoms with Gasteiger partial charge in [0, 0.05) is 51.4 Å². The van der Waals surface area contributed by atoms with Crippen LogP contribution in [0.15, 0.2) is 47.6 Å². The Kier molecular flexibility index (Phi) is 23.3. The van der Waals surface area contributed by atoms with Gasteiger partial charge in [-0.25, -0.2) is 9.59 Å². The van der Waals surface area contributed by atoms with E-state index in [-0.39, 0.29) is 74.3 Å². The summed E-state index contributed by atoms with van der Waals surface area (Å²) in [5.41, 5.74) is 0.866. The fourth-order valence-corrected chi connectivity index (χ4v) is 10.5. The number of allylic oxidation sites excluding steroid dienone is 6. The summed E-state index contributed by atoms with van der Waals surface area (Å²) in [6, 6.07) is -2.26. The number of cyclic esters (lactones) is 1. The van der Waals surface area contributed by atoms with Gasteiger partial charge in [0.15, 0.2) is 5.78 Å². The molecule has 17 heteroatoms. The summed E-state index contributed by atoms with van der Waals surface area (Å²) >= 11 is 0. The Morgan fingerprint density at radius 3 is 2.31 bits per heavy atom. The molecule has 4 rings (SSSR count). The van der Waals surface area contributed by atoms with E-state index in [4.69, 9.17) is 23.7 Å². The third-order valence-corrected chi connectivity index (χ3v) is 15.1. The highest BCUT2D eigenvalue weighted by Gasteiger charge is 2.53. The number of carbonyl (C=O) groups is 6. The average molecular weight is 1000 g/mol. The maximum Gasteiger partial charge on any atom is 0.434 e. The summed E-state index contributed by atoms with van der Waals surface area (Å²) in [4.78, 5) is 85.3. The number of rotatable bonds is 8. The number of piperidine rings is 1. The maximum absolute atomic E-state index is 14.5. The summed E-state index contributed by atoms with van der Waals surface area (Å²) in [6.45, 7) is 14.1. The zero-order valence-electron chi connectivity index (χ0n) is 43.8. The van der Waals surface area contributed by atoms with Crippen molar-refractivity contribution in [3.8, 4) is 0 Å². The van der Waals surface area contributed by atoms with E-state index >= 15 is 0 Å². The highest BCUT2D eigenvalue weighted by Crippen LogP contribution is 2.38. The van der Waals surface area contributed by atoms with Gasteiger partial charge in [-0.1, -0.05) is 78.0 Å². The topological polar surface area (TPSA) is 236 Å². The van der Waals surface area contributed by atoms with Gasteiger partial charge in [-0.3, -0.25) is 24.4 Å². The molecule has 0 radical (unpaired) electrons. The molecule has 3 heterocycles. The summed E-state index contributed by atoms with van der Waals surface area (Å²) in [5, 5.41) is 45.8. The molecule has 71 heavy (non-hydrogen) atoms. The van der Waals surface area contributed by atoms with Crippen LogP contribution in [-0.4, -0.2) is 148 Å². The number of aliphatic hydroxyl groups is 3. The van der Waals surface area contributed by atoms with Crippen LogP contribution in [0.3, 0.4) is 0 Å². The van der Waals surface area contributed by atoms with E-state index in [1.165, 1.54) is 7.11 Å². The van der Waals surface area contributed by atoms with Crippen LogP contribution in [0.5, 0.6) is 0 Å². The van der Waals surface area contributed by atoms with Crippen LogP contribution in [-0.2, 0) is 47.7 Å². The Hall–Kier alpha value is -4.10. The van der Waals surface area contributed by atoms with Crippen molar-refractivity contribution >= 4 is 35.3 Å². The molecule has 3 aliphatic heterocycles. The molecule has 0 aromatic heterocycles. The molecule has 1 aliphatic carbocycles. The van der Waals surface area contributed by atoms with Gasteiger partial charge >= 0.3 is 12.1 Å². The number of hydrogen-bond donors (Lipinski definition) is 4. The number of ether oxygens (including phenoxy) is 5. The molecule has 4 aliphatic rings. The van der Waals surface area contributed by atoms with Gasteiger partial charge in [-0.15, -0.1) is 0 Å². The molecule has 2 saturated heterocycles. The van der Waals surface area contributed by atoms with Crippen molar-refractivity contribution in [2.24, 2.45) is 35.5 Å². The van der Waals surface area contributed by atoms with Crippen LogP contribution in [0.25, 0.3) is 0 Å². The Labute approximate surface area is 420 Å². The maximum atomic E-state index is 14.5. The first kappa shape index (κ1) is 59.5. The monoisotopic (exact) mass is 1000 g/mol. The number of nitrogens with zero attached hydrogens (tertiary/aromatic N) is 2. The normalized spacial score (nSPS) is 37.9. The van der Waals surface area contributed by atoms with Gasteiger partial charge in [0.2, 0.25) is 5.79 Å². The fourth-order valence-electron chi connectivity index (χ4n) is 10.5. The molecule has 1 saturated carbocycles. The molecule has 400 valence electrons. The van der Waals surface area contributed by atoms with Gasteiger partial charge < -0.3 is 43.9 Å². The van der Waals surface area contributed by atoms with Crippen LogP contribution in [0.4, 0.5) is 4.79 Å². The summed E-state index contributed by atoms with van der Waals surface area (Å²) in [6.07, 6.45) is 8.70. The first-order chi connectivity index (χ1) is 33.6. The van der Waals surface area contributed by atoms with E-state index in [1.54, 1.807) is 72.1 Å². The second kappa shape index (κ2) is 27.8. The lowest BCUT2D eigenvalue weighted by molar-refractivity contribution is -0.266. The standard InChI is InChI=1S/C54H84N2O15/c1-11-25-69-53(64)56(66)42-30-40-22-20-38(8)54(65,71-40)50(61)51(62)55-24-16-15-19-41(55)52(63)70-45(35(5)28-39-21-23-43(57)46(29-39)67-9)31-44(58)34(4)27-37(7)48(60)49(68-10)47(59)36(6)26-32(2)17-13-12-14-18-33(42)3/h12-14,17-18,27,32,34-36,38-43,45-46,48-49,57,60,65-66H,11,15-16,19-26,28-31H2,1-10H3/b14-12+,17-13+,33-18+,37-27+/t32-,34-,35-,36-,38-,39+,40+,41+,42-,43-,45+,46-,48-,49+,54-/m1/s1. The van der Waals surface area contributed by atoms with E-state index in [1.807, 2.05) is 26.8 Å². The van der Waals surface area contributed by atoms with Crippen molar-refractivity contribution in [2.45, 2.75) is 193 Å². The fraction of sp³-hybridized carbons (Fsp3) is 0.741. The number of ketones is 3. The number of hydroxylamine groups is 2. The summed E-state index contributed by atoms with van der Waals surface area (Å²) in [7, 11) is 2.90. The van der Waals surface area contributed by atoms with Crippen LogP contribution in [0.2, 0.25) is 0 Å². The lowest BCUT2D eigenvalue weighted by Crippen LogP contribution is -2.61. The van der Waals surface area contributed by atoms with Crippen molar-refractivity contribution in [1.29, 1.82) is 0 Å². The van der Waals surface area contributed by atoms with E-state index in [2.05, 4.69) is 0 Å². The number of Topliss-reactive ketones (excluding diaryl/α,β-unsaturated/α-hetero) is 3. The minimum atomic E-state index is -2.61. The van der Waals surface area contributed by atoms with Gasteiger partial charge in [0.05, 0.1) is 31.0 Å². The largest absolute Gasteiger partial charge is 0.460 e. The first-order valence-electron chi connectivity index (χ1n) is 25.9. The van der Waals surface area contributed by atoms with E-state index in [9.17, 15) is 49.3 Å². The van der Waals surface area contributed by atoms with Gasteiger partial charge in [-0.05, 0) is 113 Å². The van der Waals surface area contributed by atoms with Crippen LogP contribution < -0.4 is 0 Å². The minimum Gasteiger partial charge on any atom is -0.460 e. The van der Waals surface area contributed by atoms with Crippen molar-refractivity contribution < 1.29 is 73.0 Å². The predicted molar refractivity (Wildman–Crippen MR) is 263 cm³/mol. The van der Waals surface area contributed by atoms with E-state index in [0.29, 0.717) is 74.0 Å². The zero-order chi connectivity index (χ0) is 52.7. The number of fused-ring (bicyclic) bond motifs is 3. The smallest absolute Gasteiger partial charge is 0.434 e. The van der Waals surface area contributed by atoms with E-state index in [0.717, 1.165) is 4.90 Å². The second-order valence-corrected chi connectivity index (χ2v) is 20.8. The molecule has 4 N–H and O–H groups in total. The minimum absolute atomic E-state index is 0.0143. The van der Waals surface area contributed by atoms with Gasteiger partial charge in [0.1, 0.15) is 30.1 Å². The lowest BCUT2D eigenvalue weighted by atomic mass is 9.78. The van der Waals surface area contributed by atoms with Crippen molar-refractivity contribution in [3.05, 3.63) is 47.6 Å². The Balaban J connectivity index is 1.75. The van der Waals surface area contributed by atoms with E-state index < -0.39 is 89.9 Å². The SMILES string of the molecule is CCCOC(=O)N(O)[C@@H]1C[C@@H]2CC[C@@H](C)[C@@](O)(O2)C(=O)C(=O)N2CCCC[C@H]2C(=O)O[C@H]([C@H](C)C[C@@H]2CC[C@@H](O)[C@H](OC)C2)CC(=O)[C@H](C)/C=C(\C)[C@@H](O)[C@@H](OC)C(=O)[C@H](C)C[C@H](C)/C=C/C=C/C=C/1C. The molecular formula is C54H84N2O15. The molecule has 15 atom stereocenters. The number of carbonyl (C=O) groups excluding carboxylic acids is 6. The Bertz CT molecular complexity index is 1950. The number of hydrogen-bond acceptors (Lipinski definition) is 15. The number of methoxy groups -OCH3 is 2. The first-order valence-corrected chi connectivity index (χ1v) is 25.9. The molecule has 0 unspecified atom stereocenters. The predicted octanol–water partition coefficient (Wildman–Crippen LogP) is 6.77. The Morgan fingerprint density at radius 1 is 0.915 bits per heavy atom. The molecule has 3 fully saturated rings. The molecule has 2 amide bonds. The molecule has 0 spiro atoms. The average Bonchev–Trinajstić information content (AvgIpc) is 3.34. The van der Waals surface area contributed by atoms with Gasteiger partial charge in [0.25, 0.3) is 11.7 Å². The van der Waals surface area contributed by atoms with Crippen molar-refractivity contribution in [2.75, 3.05) is 27.4 Å². The highest BCUT2D eigenvalue weighted by atomic mass is 16.6. The van der Waals surface area contributed by atoms with Crippen LogP contribution in [0.1, 0.15) is 139 Å². The summed E-state index contributed by atoms with van der Waals surface area (Å²) < 4.78 is 28.8. The van der Waals surface area contributed by atoms with Crippen LogP contribution in [0, 0.1) is 35.5 Å². The quantitative estimate of drug-likeness (QED) is 0.0646. The number of aliphatic hydroxyl groups excluding tert-OH is 2. The summed E-state index contributed by atoms with van der Waals surface area (Å²) in [5.74, 6) is -8.92. The molecule has 0 aromatic carbocycles. The Morgan fingerprint density at radius 2 is 1.63 bits per heavy atom. The second-order valence-electron chi connectivity index (χ2n) is 20.8. The van der Waals surface area contributed by atoms with Gasteiger partial charge in [-0.2, -0.15) is 5.06 Å². The van der Waals surface area contributed by atoms with Crippen LogP contribution >= 0.6 is 0 Å². The molecule has 2 bridgehead atoms. The molecule has 17 nitrogen and oxygen atoms in total.